The molecule has 2 aliphatic heterocycles. The van der Waals surface area contributed by atoms with Crippen molar-refractivity contribution < 1.29 is 17.9 Å². The van der Waals surface area contributed by atoms with Crippen molar-refractivity contribution in [3.8, 4) is 0 Å². The number of nitrogens with zero attached hydrogens (tertiary/aromatic N) is 2. The molecule has 1 aromatic rings. The molecular formula is C21H34N4O4S. The van der Waals surface area contributed by atoms with Crippen molar-refractivity contribution in [1.82, 2.24) is 19.8 Å². The molecule has 9 heteroatoms. The lowest BCUT2D eigenvalue weighted by molar-refractivity contribution is 0.0951. The number of unbranched alkanes of at least 4 members (excludes halogenated alkanes) is 1. The summed E-state index contributed by atoms with van der Waals surface area (Å²) in [5.74, 6) is -0.245. The van der Waals surface area contributed by atoms with Gasteiger partial charge in [-0.1, -0.05) is 6.07 Å². The van der Waals surface area contributed by atoms with Crippen molar-refractivity contribution in [3.63, 3.8) is 0 Å². The minimum absolute atomic E-state index is 0.0721. The van der Waals surface area contributed by atoms with E-state index in [9.17, 15) is 13.2 Å². The predicted octanol–water partition coefficient (Wildman–Crippen LogP) is 0.901. The normalized spacial score (nSPS) is 21.0. The first-order valence-electron chi connectivity index (χ1n) is 10.8. The van der Waals surface area contributed by atoms with Gasteiger partial charge in [0.25, 0.3) is 5.91 Å². The molecule has 1 unspecified atom stereocenters. The standard InChI is InChI=1S/C21H34N4O4S/c1-24-11-13-25(14-12-24)10-3-2-9-22-21(26)18-6-4-8-20(16-18)30(27,28)23-17-19-7-5-15-29-19/h4,6,8,16,19,23H,2-3,5,7,9-15,17H2,1H3,(H,22,26). The van der Waals surface area contributed by atoms with Gasteiger partial charge in [0, 0.05) is 51.4 Å². The van der Waals surface area contributed by atoms with Gasteiger partial charge in [-0.25, -0.2) is 13.1 Å². The van der Waals surface area contributed by atoms with Crippen LogP contribution in [-0.2, 0) is 14.8 Å². The van der Waals surface area contributed by atoms with Crippen LogP contribution in [0.1, 0.15) is 36.0 Å². The third-order valence-corrected chi connectivity index (χ3v) is 7.14. The number of nitrogens with one attached hydrogen (secondary N) is 2. The van der Waals surface area contributed by atoms with E-state index in [1.807, 2.05) is 0 Å². The molecule has 168 valence electrons. The summed E-state index contributed by atoms with van der Waals surface area (Å²) < 4.78 is 33.1. The van der Waals surface area contributed by atoms with Crippen LogP contribution in [0.2, 0.25) is 0 Å². The van der Waals surface area contributed by atoms with Gasteiger partial charge in [0.1, 0.15) is 0 Å². The fourth-order valence-corrected chi connectivity index (χ4v) is 4.84. The highest BCUT2D eigenvalue weighted by Crippen LogP contribution is 2.14. The van der Waals surface area contributed by atoms with E-state index < -0.39 is 10.0 Å². The summed E-state index contributed by atoms with van der Waals surface area (Å²) in [6.07, 6.45) is 3.68. The Labute approximate surface area is 180 Å². The number of carbonyl (C=O) groups excluding carboxylic acids is 1. The van der Waals surface area contributed by atoms with Gasteiger partial charge in [-0.05, 0) is 57.5 Å². The first kappa shape index (κ1) is 23.1. The summed E-state index contributed by atoms with van der Waals surface area (Å²) in [6, 6.07) is 6.17. The van der Waals surface area contributed by atoms with Crippen LogP contribution in [0.5, 0.6) is 0 Å². The summed E-state index contributed by atoms with van der Waals surface area (Å²) in [7, 11) is -1.52. The van der Waals surface area contributed by atoms with Gasteiger partial charge < -0.3 is 19.9 Å². The molecule has 3 rings (SSSR count). The van der Waals surface area contributed by atoms with Crippen molar-refractivity contribution in [2.24, 2.45) is 0 Å². The molecular weight excluding hydrogens is 404 g/mol. The van der Waals surface area contributed by atoms with E-state index in [-0.39, 0.29) is 23.5 Å². The molecule has 1 aromatic carbocycles. The minimum Gasteiger partial charge on any atom is -0.377 e. The quantitative estimate of drug-likeness (QED) is 0.528. The van der Waals surface area contributed by atoms with Crippen LogP contribution in [0.4, 0.5) is 0 Å². The van der Waals surface area contributed by atoms with Crippen molar-refractivity contribution in [1.29, 1.82) is 0 Å². The number of hydrogen-bond acceptors (Lipinski definition) is 6. The zero-order valence-electron chi connectivity index (χ0n) is 17.8. The van der Waals surface area contributed by atoms with Gasteiger partial charge in [-0.15, -0.1) is 0 Å². The number of benzene rings is 1. The van der Waals surface area contributed by atoms with E-state index in [1.54, 1.807) is 12.1 Å². The molecule has 0 spiro atoms. The maximum absolute atomic E-state index is 12.5. The van der Waals surface area contributed by atoms with Crippen LogP contribution in [0.15, 0.2) is 29.2 Å². The summed E-state index contributed by atoms with van der Waals surface area (Å²) in [4.78, 5) is 17.3. The molecule has 0 aromatic heterocycles. The third kappa shape index (κ3) is 7.02. The Hall–Kier alpha value is -1.52. The summed E-state index contributed by atoms with van der Waals surface area (Å²) in [5.41, 5.74) is 0.356. The van der Waals surface area contributed by atoms with Gasteiger partial charge in [0.15, 0.2) is 0 Å². The SMILES string of the molecule is CN1CCN(CCCCNC(=O)c2cccc(S(=O)(=O)NCC3CCCO3)c2)CC1. The molecule has 2 saturated heterocycles. The molecule has 0 radical (unpaired) electrons. The summed E-state index contributed by atoms with van der Waals surface area (Å²) in [5, 5.41) is 2.90. The van der Waals surface area contributed by atoms with Gasteiger partial charge in [0.05, 0.1) is 11.0 Å². The lowest BCUT2D eigenvalue weighted by Gasteiger charge is -2.32. The number of hydrogen-bond donors (Lipinski definition) is 2. The Morgan fingerprint density at radius 1 is 1.20 bits per heavy atom. The third-order valence-electron chi connectivity index (χ3n) is 5.71. The highest BCUT2D eigenvalue weighted by atomic mass is 32.2. The molecule has 2 aliphatic rings. The summed E-state index contributed by atoms with van der Waals surface area (Å²) in [6.45, 7) is 6.99. The Morgan fingerprint density at radius 2 is 2.00 bits per heavy atom. The van der Waals surface area contributed by atoms with Crippen molar-refractivity contribution in [3.05, 3.63) is 29.8 Å². The average molecular weight is 439 g/mol. The maximum Gasteiger partial charge on any atom is 0.251 e. The lowest BCUT2D eigenvalue weighted by atomic mass is 10.2. The van der Waals surface area contributed by atoms with E-state index in [1.165, 1.54) is 12.1 Å². The molecule has 2 heterocycles. The van der Waals surface area contributed by atoms with Crippen LogP contribution in [0.3, 0.4) is 0 Å². The second-order valence-corrected chi connectivity index (χ2v) is 9.89. The number of amides is 1. The van der Waals surface area contributed by atoms with Crippen molar-refractivity contribution >= 4 is 15.9 Å². The zero-order chi connectivity index (χ0) is 21.4. The molecule has 0 aliphatic carbocycles. The Kier molecular flexibility index (Phi) is 8.64. The van der Waals surface area contributed by atoms with E-state index in [4.69, 9.17) is 4.74 Å². The van der Waals surface area contributed by atoms with Crippen molar-refractivity contribution in [2.45, 2.75) is 36.7 Å². The molecule has 8 nitrogen and oxygen atoms in total. The molecule has 30 heavy (non-hydrogen) atoms. The van der Waals surface area contributed by atoms with Gasteiger partial charge >= 0.3 is 0 Å². The van der Waals surface area contributed by atoms with E-state index >= 15 is 0 Å². The van der Waals surface area contributed by atoms with E-state index in [0.717, 1.165) is 58.4 Å². The minimum atomic E-state index is -3.67. The highest BCUT2D eigenvalue weighted by molar-refractivity contribution is 7.89. The van der Waals surface area contributed by atoms with Gasteiger partial charge in [0.2, 0.25) is 10.0 Å². The second kappa shape index (κ2) is 11.2. The molecule has 1 amide bonds. The molecule has 0 bridgehead atoms. The number of rotatable bonds is 10. The number of sulfonamides is 1. The van der Waals surface area contributed by atoms with Crippen LogP contribution in [0.25, 0.3) is 0 Å². The predicted molar refractivity (Wildman–Crippen MR) is 116 cm³/mol. The number of piperazine rings is 1. The summed E-state index contributed by atoms with van der Waals surface area (Å²) >= 11 is 0. The van der Waals surface area contributed by atoms with Crippen LogP contribution >= 0.6 is 0 Å². The largest absolute Gasteiger partial charge is 0.377 e. The first-order chi connectivity index (χ1) is 14.4. The van der Waals surface area contributed by atoms with Crippen LogP contribution in [0, 0.1) is 0 Å². The van der Waals surface area contributed by atoms with E-state index in [2.05, 4.69) is 26.9 Å². The molecule has 2 fully saturated rings. The monoisotopic (exact) mass is 438 g/mol. The van der Waals surface area contributed by atoms with Gasteiger partial charge in [-0.3, -0.25) is 4.79 Å². The average Bonchev–Trinajstić information content (AvgIpc) is 3.27. The maximum atomic E-state index is 12.5. The smallest absolute Gasteiger partial charge is 0.251 e. The highest BCUT2D eigenvalue weighted by Gasteiger charge is 2.21. The fourth-order valence-electron chi connectivity index (χ4n) is 3.73. The number of likely N-dealkylation sites (N-methyl/N-ethyl adjacent to an activating group) is 1. The Bertz CT molecular complexity index is 788. The zero-order valence-corrected chi connectivity index (χ0v) is 18.6. The van der Waals surface area contributed by atoms with Crippen molar-refractivity contribution in [2.75, 3.05) is 59.5 Å². The number of ether oxygens (including phenoxy) is 1. The molecule has 2 N–H and O–H groups in total. The fraction of sp³-hybridized carbons (Fsp3) is 0.667. The van der Waals surface area contributed by atoms with Gasteiger partial charge in [-0.2, -0.15) is 0 Å². The van der Waals surface area contributed by atoms with Crippen LogP contribution < -0.4 is 10.0 Å². The topological polar surface area (TPSA) is 91.0 Å². The van der Waals surface area contributed by atoms with Crippen LogP contribution in [-0.4, -0.2) is 89.7 Å². The second-order valence-electron chi connectivity index (χ2n) is 8.12. The first-order valence-corrected chi connectivity index (χ1v) is 12.3. The Morgan fingerprint density at radius 3 is 2.73 bits per heavy atom. The van der Waals surface area contributed by atoms with E-state index in [0.29, 0.717) is 18.7 Å². The Balaban J connectivity index is 1.41. The number of carbonyl (C=O) groups is 1. The lowest BCUT2D eigenvalue weighted by Crippen LogP contribution is -2.44. The molecule has 1 atom stereocenters. The molecule has 0 saturated carbocycles.